The van der Waals surface area contributed by atoms with Crippen LogP contribution in [0.3, 0.4) is 0 Å². The van der Waals surface area contributed by atoms with Crippen LogP contribution in [0.4, 0.5) is 15.0 Å². The number of anilines is 1. The fraction of sp³-hybridized carbons (Fsp3) is 0.400. The monoisotopic (exact) mass is 743 g/mol. The predicted molar refractivity (Wildman–Crippen MR) is 199 cm³/mol. The minimum atomic E-state index is -1.51. The lowest BCUT2D eigenvalue weighted by molar-refractivity contribution is -0.159. The molecule has 1 fully saturated rings. The molecule has 2 aliphatic rings. The number of alkyl halides is 1. The molecule has 1 aromatic carbocycles. The molecule has 3 N–H and O–H groups in total. The van der Waals surface area contributed by atoms with Gasteiger partial charge in [-0.1, -0.05) is 67.1 Å². The van der Waals surface area contributed by atoms with Gasteiger partial charge in [0.2, 0.25) is 5.91 Å². The number of aliphatic hydroxyl groups excluding tert-OH is 1. The van der Waals surface area contributed by atoms with Gasteiger partial charge in [-0.2, -0.15) is 0 Å². The summed E-state index contributed by atoms with van der Waals surface area (Å²) in [5.41, 5.74) is 0.580. The van der Waals surface area contributed by atoms with Gasteiger partial charge < -0.3 is 29.2 Å². The number of esters is 1. The van der Waals surface area contributed by atoms with Crippen LogP contribution in [0.1, 0.15) is 55.9 Å². The molecule has 1 saturated heterocycles. The minimum absolute atomic E-state index is 0.0144. The molecule has 0 radical (unpaired) electrons. The molecule has 6 atom stereocenters. The summed E-state index contributed by atoms with van der Waals surface area (Å²) in [5.74, 6) is -2.53. The number of hydrogen-bond acceptors (Lipinski definition) is 10. The molecule has 3 amide bonds. The second-order valence-corrected chi connectivity index (χ2v) is 13.5. The summed E-state index contributed by atoms with van der Waals surface area (Å²) in [7, 11) is 0. The third kappa shape index (κ3) is 10.9. The van der Waals surface area contributed by atoms with Crippen LogP contribution in [0.15, 0.2) is 95.8 Å². The minimum Gasteiger partial charge on any atom is -0.460 e. The molecule has 5 rings (SSSR count). The number of fused-ring (bicyclic) bond motifs is 4. The number of amides is 3. The number of aliphatic hydroxyl groups is 1. The fourth-order valence-electron chi connectivity index (χ4n) is 6.49. The molecular weight excluding hydrogens is 697 g/mol. The molecular formula is C40H46FN5O8. The van der Waals surface area contributed by atoms with E-state index in [2.05, 4.69) is 27.2 Å². The highest BCUT2D eigenvalue weighted by Crippen LogP contribution is 2.28. The predicted octanol–water partition coefficient (Wildman–Crippen LogP) is 5.64. The summed E-state index contributed by atoms with van der Waals surface area (Å²) in [6.45, 7) is 7.60. The first-order valence-corrected chi connectivity index (χ1v) is 18.0. The zero-order chi connectivity index (χ0) is 38.6. The van der Waals surface area contributed by atoms with Gasteiger partial charge in [-0.05, 0) is 43.7 Å². The van der Waals surface area contributed by atoms with Crippen molar-refractivity contribution in [2.24, 2.45) is 11.8 Å². The molecule has 4 heterocycles. The van der Waals surface area contributed by atoms with E-state index >= 15 is 0 Å². The van der Waals surface area contributed by atoms with E-state index < -0.39 is 60.1 Å². The van der Waals surface area contributed by atoms with Crippen molar-refractivity contribution < 1.29 is 42.6 Å². The molecule has 286 valence electrons. The third-order valence-electron chi connectivity index (χ3n) is 9.19. The molecule has 2 aromatic heterocycles. The van der Waals surface area contributed by atoms with E-state index in [0.29, 0.717) is 30.7 Å². The van der Waals surface area contributed by atoms with Gasteiger partial charge in [0.05, 0.1) is 19.1 Å². The maximum absolute atomic E-state index is 14.9. The number of rotatable bonds is 6. The van der Waals surface area contributed by atoms with Crippen LogP contribution < -0.4 is 10.6 Å². The number of carbonyl (C=O) groups excluding carboxylic acids is 4. The second kappa shape index (κ2) is 18.9. The van der Waals surface area contributed by atoms with Crippen molar-refractivity contribution in [3.05, 3.63) is 103 Å². The van der Waals surface area contributed by atoms with E-state index in [9.17, 15) is 28.7 Å². The number of halogens is 1. The molecule has 6 unspecified atom stereocenters. The van der Waals surface area contributed by atoms with Crippen LogP contribution >= 0.6 is 0 Å². The molecule has 0 aliphatic carbocycles. The topological polar surface area (TPSA) is 173 Å². The highest BCUT2D eigenvalue weighted by Gasteiger charge is 2.40. The van der Waals surface area contributed by atoms with E-state index in [-0.39, 0.29) is 44.1 Å². The highest BCUT2D eigenvalue weighted by atomic mass is 19.1. The van der Waals surface area contributed by atoms with Gasteiger partial charge in [0.25, 0.3) is 5.91 Å². The van der Waals surface area contributed by atoms with Crippen LogP contribution in [0, 0.1) is 11.8 Å². The maximum atomic E-state index is 14.9. The first-order valence-electron chi connectivity index (χ1n) is 18.0. The van der Waals surface area contributed by atoms with Gasteiger partial charge >= 0.3 is 12.1 Å². The number of oxazole rings is 1. The first-order chi connectivity index (χ1) is 26.0. The van der Waals surface area contributed by atoms with Crippen molar-refractivity contribution in [3.63, 3.8) is 0 Å². The largest absolute Gasteiger partial charge is 0.460 e. The van der Waals surface area contributed by atoms with Gasteiger partial charge in [-0.3, -0.25) is 14.9 Å². The maximum Gasteiger partial charge on any atom is 0.412 e. The number of nitrogens with one attached hydrogen (secondary N) is 2. The Balaban J connectivity index is 1.37. The lowest BCUT2D eigenvalue weighted by Gasteiger charge is -2.31. The molecule has 54 heavy (non-hydrogen) atoms. The quantitative estimate of drug-likeness (QED) is 0.212. The number of benzene rings is 1. The number of allylic oxidation sites excluding steroid dienone is 3. The SMILES string of the molecule is C=CCC1/C=C/C(=O)NC/C=C/C(C)=C/C(O)CC(F)Cc2nc(co2)C(=O)N2CCCC2C(=O)OC1C(C)COC(=O)Nc1cc2ccccc2cn1. The van der Waals surface area contributed by atoms with E-state index in [4.69, 9.17) is 13.9 Å². The van der Waals surface area contributed by atoms with Gasteiger partial charge in [-0.15, -0.1) is 6.58 Å². The Kier molecular flexibility index (Phi) is 13.9. The fourth-order valence-corrected chi connectivity index (χ4v) is 6.49. The van der Waals surface area contributed by atoms with Crippen LogP contribution in [0.5, 0.6) is 0 Å². The first kappa shape index (κ1) is 39.6. The smallest absolute Gasteiger partial charge is 0.412 e. The van der Waals surface area contributed by atoms with Gasteiger partial charge in [0.1, 0.15) is 30.4 Å². The normalized spacial score (nSPS) is 26.0. The summed E-state index contributed by atoms with van der Waals surface area (Å²) >= 11 is 0. The number of nitrogens with zero attached hydrogens (tertiary/aromatic N) is 3. The van der Waals surface area contributed by atoms with Crippen LogP contribution in [0.2, 0.25) is 0 Å². The summed E-state index contributed by atoms with van der Waals surface area (Å²) in [4.78, 5) is 63.0. The average molecular weight is 744 g/mol. The number of aromatic nitrogens is 2. The third-order valence-corrected chi connectivity index (χ3v) is 9.19. The van der Waals surface area contributed by atoms with Crippen molar-refractivity contribution in [2.45, 2.75) is 70.4 Å². The molecule has 0 saturated carbocycles. The molecule has 2 bridgehead atoms. The van der Waals surface area contributed by atoms with E-state index in [1.165, 1.54) is 17.1 Å². The lowest BCUT2D eigenvalue weighted by atomic mass is 9.89. The van der Waals surface area contributed by atoms with Crippen molar-refractivity contribution in [1.82, 2.24) is 20.2 Å². The van der Waals surface area contributed by atoms with E-state index in [1.807, 2.05) is 24.3 Å². The van der Waals surface area contributed by atoms with E-state index in [0.717, 1.165) is 17.0 Å². The highest BCUT2D eigenvalue weighted by molar-refractivity contribution is 5.95. The second-order valence-electron chi connectivity index (χ2n) is 13.5. The number of hydrogen-bond donors (Lipinski definition) is 3. The number of pyridine rings is 1. The summed E-state index contributed by atoms with van der Waals surface area (Å²) < 4.78 is 32.0. The lowest BCUT2D eigenvalue weighted by Crippen LogP contribution is -2.45. The Morgan fingerprint density at radius 2 is 2.04 bits per heavy atom. The standard InChI is InChI=1S/C40H46FN5O8/c1-4-9-27-14-15-35(48)42-16-7-10-25(2)18-31(47)20-30(41)21-36-44-32(24-52-36)38(49)46-17-8-13-33(46)39(50)54-37(27)26(3)23-53-40(51)45-34-19-28-11-5-6-12-29(28)22-43-34/h4-7,10-12,14-15,18-19,22,24,26-27,30-31,33,37,47H,1,8-9,13,16-17,20-21,23H2,2-3H3,(H,42,48)(H,43,45,51)/b10-7+,15-14+,25-18+. The zero-order valence-electron chi connectivity index (χ0n) is 30.4. The zero-order valence-corrected chi connectivity index (χ0v) is 30.4. The summed E-state index contributed by atoms with van der Waals surface area (Å²) in [6, 6.07) is 8.34. The van der Waals surface area contributed by atoms with E-state index in [1.54, 1.807) is 50.4 Å². The van der Waals surface area contributed by atoms with Gasteiger partial charge in [0.15, 0.2) is 11.6 Å². The number of cyclic esters (lactones) is 1. The van der Waals surface area contributed by atoms with Crippen LogP contribution in [0.25, 0.3) is 10.8 Å². The Labute approximate surface area is 313 Å². The van der Waals surface area contributed by atoms with Crippen LogP contribution in [-0.4, -0.2) is 88.0 Å². The molecule has 3 aromatic rings. The summed E-state index contributed by atoms with van der Waals surface area (Å²) in [6.07, 6.45) is 8.64. The average Bonchev–Trinajstić information content (AvgIpc) is 3.83. The van der Waals surface area contributed by atoms with Crippen molar-refractivity contribution in [2.75, 3.05) is 25.0 Å². The van der Waals surface area contributed by atoms with Crippen LogP contribution in [-0.2, 0) is 25.5 Å². The van der Waals surface area contributed by atoms with Crippen molar-refractivity contribution in [1.29, 1.82) is 0 Å². The Bertz CT molecular complexity index is 1910. The molecule has 2 aliphatic heterocycles. The molecule has 13 nitrogen and oxygen atoms in total. The summed E-state index contributed by atoms with van der Waals surface area (Å²) in [5, 5.41) is 17.6. The van der Waals surface area contributed by atoms with Gasteiger partial charge in [-0.25, -0.2) is 23.9 Å². The Morgan fingerprint density at radius 3 is 2.83 bits per heavy atom. The number of carbonyl (C=O) groups is 4. The molecule has 14 heteroatoms. The van der Waals surface area contributed by atoms with Gasteiger partial charge in [0, 0.05) is 42.9 Å². The van der Waals surface area contributed by atoms with Crippen molar-refractivity contribution >= 4 is 40.5 Å². The Morgan fingerprint density at radius 1 is 1.24 bits per heavy atom. The Hall–Kier alpha value is -5.63. The molecule has 0 spiro atoms. The number of ether oxygens (including phenoxy) is 2. The van der Waals surface area contributed by atoms with Crippen molar-refractivity contribution in [3.8, 4) is 0 Å².